The summed E-state index contributed by atoms with van der Waals surface area (Å²) in [6.07, 6.45) is 4.80. The first-order chi connectivity index (χ1) is 14.0. The van der Waals surface area contributed by atoms with Gasteiger partial charge in [-0.3, -0.25) is 0 Å². The van der Waals surface area contributed by atoms with Crippen LogP contribution in [0.4, 0.5) is 13.2 Å². The summed E-state index contributed by atoms with van der Waals surface area (Å²) in [7, 11) is 0. The maximum Gasteiger partial charge on any atom is 0.129 e. The highest BCUT2D eigenvalue weighted by Crippen LogP contribution is 2.37. The van der Waals surface area contributed by atoms with Gasteiger partial charge in [-0.15, -0.1) is 0 Å². The number of unbranched alkanes of at least 4 members (excludes halogenated alkanes) is 1. The minimum absolute atomic E-state index is 0.139. The minimum atomic E-state index is -0.410. The third-order valence-corrected chi connectivity index (χ3v) is 5.98. The van der Waals surface area contributed by atoms with Crippen molar-refractivity contribution in [1.82, 2.24) is 0 Å². The smallest absolute Gasteiger partial charge is 0.129 e. The molecule has 0 aliphatic heterocycles. The maximum atomic E-state index is 14.7. The zero-order chi connectivity index (χ0) is 20.4. The zero-order valence-corrected chi connectivity index (χ0v) is 16.7. The lowest BCUT2D eigenvalue weighted by Crippen LogP contribution is -2.16. The van der Waals surface area contributed by atoms with Crippen molar-refractivity contribution in [2.45, 2.75) is 51.4 Å². The standard InChI is InChI=1S/C26H25F3/c1-2-3-4-17-13-24(28)26(25(29)14-17)22-8-7-20-15-19(5-6-21(20)16-22)18-9-11-23(27)12-10-18/h5-6,9-15,22H,2-4,7-8,16H2,1H3. The fourth-order valence-corrected chi connectivity index (χ4v) is 4.38. The largest absolute Gasteiger partial charge is 0.207 e. The summed E-state index contributed by atoms with van der Waals surface area (Å²) in [6.45, 7) is 2.07. The van der Waals surface area contributed by atoms with Crippen LogP contribution in [0.2, 0.25) is 0 Å². The molecular formula is C26H25F3. The van der Waals surface area contributed by atoms with E-state index in [1.54, 1.807) is 12.1 Å². The molecule has 0 radical (unpaired) electrons. The topological polar surface area (TPSA) is 0 Å². The van der Waals surface area contributed by atoms with Crippen molar-refractivity contribution in [1.29, 1.82) is 0 Å². The van der Waals surface area contributed by atoms with Crippen LogP contribution in [0, 0.1) is 17.5 Å². The zero-order valence-electron chi connectivity index (χ0n) is 16.7. The van der Waals surface area contributed by atoms with Gasteiger partial charge in [-0.2, -0.15) is 0 Å². The summed E-state index contributed by atoms with van der Waals surface area (Å²) in [5.74, 6) is -1.21. The Morgan fingerprint density at radius 1 is 0.828 bits per heavy atom. The van der Waals surface area contributed by atoms with Crippen LogP contribution in [-0.4, -0.2) is 0 Å². The molecule has 1 unspecified atom stereocenters. The van der Waals surface area contributed by atoms with Crippen molar-refractivity contribution in [2.75, 3.05) is 0 Å². The average molecular weight is 394 g/mol. The van der Waals surface area contributed by atoms with E-state index in [4.69, 9.17) is 0 Å². The molecule has 1 aliphatic rings. The highest BCUT2D eigenvalue weighted by atomic mass is 19.1. The monoisotopic (exact) mass is 394 g/mol. The SMILES string of the molecule is CCCCc1cc(F)c(C2CCc3cc(-c4ccc(F)cc4)ccc3C2)c(F)c1. The number of benzene rings is 3. The Kier molecular flexibility index (Phi) is 5.75. The molecule has 3 heteroatoms. The summed E-state index contributed by atoms with van der Waals surface area (Å²) in [6, 6.07) is 15.7. The van der Waals surface area contributed by atoms with Crippen molar-refractivity contribution in [3.8, 4) is 11.1 Å². The Balaban J connectivity index is 1.57. The molecule has 0 N–H and O–H groups in total. The highest BCUT2D eigenvalue weighted by Gasteiger charge is 2.26. The van der Waals surface area contributed by atoms with Gasteiger partial charge in [-0.25, -0.2) is 13.2 Å². The molecule has 29 heavy (non-hydrogen) atoms. The number of fused-ring (bicyclic) bond motifs is 1. The first kappa shape index (κ1) is 19.8. The molecule has 1 aliphatic carbocycles. The number of halogens is 3. The first-order valence-electron chi connectivity index (χ1n) is 10.4. The van der Waals surface area contributed by atoms with Crippen LogP contribution in [0.5, 0.6) is 0 Å². The molecular weight excluding hydrogens is 369 g/mol. The van der Waals surface area contributed by atoms with Crippen molar-refractivity contribution < 1.29 is 13.2 Å². The van der Waals surface area contributed by atoms with Crippen molar-refractivity contribution >= 4 is 0 Å². The van der Waals surface area contributed by atoms with E-state index in [0.29, 0.717) is 12.8 Å². The van der Waals surface area contributed by atoms with Crippen molar-refractivity contribution in [2.24, 2.45) is 0 Å². The van der Waals surface area contributed by atoms with Crippen molar-refractivity contribution in [3.05, 3.63) is 94.3 Å². The average Bonchev–Trinajstić information content (AvgIpc) is 2.72. The summed E-state index contributed by atoms with van der Waals surface area (Å²) in [5.41, 5.74) is 5.34. The lowest BCUT2D eigenvalue weighted by molar-refractivity contribution is 0.489. The molecule has 0 spiro atoms. The van der Waals surface area contributed by atoms with E-state index in [9.17, 15) is 13.2 Å². The van der Waals surface area contributed by atoms with E-state index in [1.165, 1.54) is 29.8 Å². The third-order valence-electron chi connectivity index (χ3n) is 5.98. The van der Waals surface area contributed by atoms with Gasteiger partial charge in [0, 0.05) is 5.56 Å². The van der Waals surface area contributed by atoms with Crippen LogP contribution >= 0.6 is 0 Å². The van der Waals surface area contributed by atoms with Gasteiger partial charge in [0.15, 0.2) is 0 Å². The first-order valence-corrected chi connectivity index (χ1v) is 10.4. The molecule has 0 saturated heterocycles. The third kappa shape index (κ3) is 4.24. The fourth-order valence-electron chi connectivity index (χ4n) is 4.38. The highest BCUT2D eigenvalue weighted by molar-refractivity contribution is 5.65. The van der Waals surface area contributed by atoms with E-state index < -0.39 is 11.6 Å². The molecule has 0 saturated carbocycles. The predicted molar refractivity (Wildman–Crippen MR) is 112 cm³/mol. The predicted octanol–water partition coefficient (Wildman–Crippen LogP) is 7.39. The Morgan fingerprint density at radius 3 is 2.21 bits per heavy atom. The second kappa shape index (κ2) is 8.44. The van der Waals surface area contributed by atoms with Crippen LogP contribution in [0.15, 0.2) is 54.6 Å². The number of hydrogen-bond donors (Lipinski definition) is 0. The number of aryl methyl sites for hydroxylation is 2. The lowest BCUT2D eigenvalue weighted by Gasteiger charge is -2.26. The van der Waals surface area contributed by atoms with E-state index in [2.05, 4.69) is 13.0 Å². The molecule has 1 atom stereocenters. The summed E-state index contributed by atoms with van der Waals surface area (Å²) in [5, 5.41) is 0. The molecule has 3 aromatic carbocycles. The number of hydrogen-bond acceptors (Lipinski definition) is 0. The lowest BCUT2D eigenvalue weighted by atomic mass is 9.78. The molecule has 0 nitrogen and oxygen atoms in total. The van der Waals surface area contributed by atoms with Crippen LogP contribution in [0.1, 0.15) is 54.4 Å². The molecule has 0 aromatic heterocycles. The molecule has 3 aromatic rings. The normalized spacial score (nSPS) is 15.9. The minimum Gasteiger partial charge on any atom is -0.207 e. The van der Waals surface area contributed by atoms with E-state index in [0.717, 1.165) is 47.9 Å². The molecule has 0 heterocycles. The van der Waals surface area contributed by atoms with Crippen LogP contribution < -0.4 is 0 Å². The van der Waals surface area contributed by atoms with Gasteiger partial charge in [0.2, 0.25) is 0 Å². The van der Waals surface area contributed by atoms with Gasteiger partial charge in [0.1, 0.15) is 17.5 Å². The molecule has 0 amide bonds. The van der Waals surface area contributed by atoms with Gasteiger partial charge < -0.3 is 0 Å². The van der Waals surface area contributed by atoms with Gasteiger partial charge in [-0.05, 0) is 90.1 Å². The van der Waals surface area contributed by atoms with Crippen molar-refractivity contribution in [3.63, 3.8) is 0 Å². The van der Waals surface area contributed by atoms with Crippen LogP contribution in [0.3, 0.4) is 0 Å². The Bertz CT molecular complexity index is 982. The second-order valence-electron chi connectivity index (χ2n) is 8.01. The fraction of sp³-hybridized carbons (Fsp3) is 0.308. The summed E-state index contributed by atoms with van der Waals surface area (Å²) >= 11 is 0. The van der Waals surface area contributed by atoms with E-state index >= 15 is 0 Å². The molecule has 150 valence electrons. The summed E-state index contributed by atoms with van der Waals surface area (Å²) < 4.78 is 42.7. The molecule has 4 rings (SSSR count). The van der Waals surface area contributed by atoms with E-state index in [1.807, 2.05) is 12.1 Å². The second-order valence-corrected chi connectivity index (χ2v) is 8.01. The Morgan fingerprint density at radius 2 is 1.52 bits per heavy atom. The van der Waals surface area contributed by atoms with Gasteiger partial charge in [0.25, 0.3) is 0 Å². The number of rotatable bonds is 5. The molecule has 0 bridgehead atoms. The van der Waals surface area contributed by atoms with Crippen LogP contribution in [-0.2, 0) is 19.3 Å². The Labute approximate surface area is 170 Å². The maximum absolute atomic E-state index is 14.7. The van der Waals surface area contributed by atoms with Gasteiger partial charge >= 0.3 is 0 Å². The quantitative estimate of drug-likeness (QED) is 0.423. The summed E-state index contributed by atoms with van der Waals surface area (Å²) in [4.78, 5) is 0. The molecule has 0 fully saturated rings. The van der Waals surface area contributed by atoms with E-state index in [-0.39, 0.29) is 17.3 Å². The van der Waals surface area contributed by atoms with Gasteiger partial charge in [-0.1, -0.05) is 43.7 Å². The Hall–Kier alpha value is -2.55. The van der Waals surface area contributed by atoms with Crippen LogP contribution in [0.25, 0.3) is 11.1 Å². The van der Waals surface area contributed by atoms with Gasteiger partial charge in [0.05, 0.1) is 0 Å².